The van der Waals surface area contributed by atoms with E-state index in [1.807, 2.05) is 42.5 Å². The molecule has 274 valence electrons. The molecule has 0 aromatic carbocycles. The molecular formula is C43H72O5. The van der Waals surface area contributed by atoms with Crippen molar-refractivity contribution in [2.24, 2.45) is 0 Å². The largest absolute Gasteiger partial charge is 0.462 e. The number of ether oxygens (including phenoxy) is 2. The SMILES string of the molecule is CCCCCCCCCC=CC=CC=CC=CC=CC=CC(=O)OC(CO)COC(=O)CCCCCCCCCCCCCCCCC. The number of aliphatic hydroxyl groups is 1. The molecule has 1 atom stereocenters. The van der Waals surface area contributed by atoms with Gasteiger partial charge >= 0.3 is 11.9 Å². The van der Waals surface area contributed by atoms with E-state index in [2.05, 4.69) is 26.0 Å². The van der Waals surface area contributed by atoms with E-state index in [9.17, 15) is 14.7 Å². The standard InChI is InChI=1S/C43H72O5/c1-3-5-7-9-11-13-15-17-19-20-21-22-24-26-28-30-32-34-36-38-43(46)48-41(39-44)40-47-42(45)37-35-33-31-29-27-25-23-18-16-14-12-10-8-6-4-2/h19-22,24,26,28,30,32,34,36,38,41,44H,3-18,23,25,27,29,31,33,35,37,39-40H2,1-2H3. The second-order valence-electron chi connectivity index (χ2n) is 12.9. The van der Waals surface area contributed by atoms with Crippen molar-refractivity contribution in [1.82, 2.24) is 0 Å². The molecule has 48 heavy (non-hydrogen) atoms. The number of esters is 2. The summed E-state index contributed by atoms with van der Waals surface area (Å²) in [5, 5.41) is 9.51. The molecule has 1 unspecified atom stereocenters. The van der Waals surface area contributed by atoms with Crippen LogP contribution in [0, 0.1) is 0 Å². The molecule has 0 aliphatic rings. The number of carbonyl (C=O) groups is 2. The van der Waals surface area contributed by atoms with Gasteiger partial charge in [-0.05, 0) is 19.3 Å². The fraction of sp³-hybridized carbons (Fsp3) is 0.674. The van der Waals surface area contributed by atoms with Crippen LogP contribution in [0.5, 0.6) is 0 Å². The van der Waals surface area contributed by atoms with E-state index in [-0.39, 0.29) is 12.6 Å². The first kappa shape index (κ1) is 45.3. The molecule has 5 heteroatoms. The van der Waals surface area contributed by atoms with Gasteiger partial charge in [0.15, 0.2) is 6.10 Å². The molecule has 0 heterocycles. The molecule has 0 saturated heterocycles. The minimum atomic E-state index is -0.871. The third-order valence-electron chi connectivity index (χ3n) is 8.24. The lowest BCUT2D eigenvalue weighted by Crippen LogP contribution is -2.27. The van der Waals surface area contributed by atoms with E-state index < -0.39 is 18.7 Å². The highest BCUT2D eigenvalue weighted by molar-refractivity contribution is 5.82. The molecule has 0 rings (SSSR count). The summed E-state index contributed by atoms with van der Waals surface area (Å²) >= 11 is 0. The first-order valence-corrected chi connectivity index (χ1v) is 19.6. The molecular weight excluding hydrogens is 596 g/mol. The molecule has 0 aliphatic heterocycles. The fourth-order valence-corrected chi connectivity index (χ4v) is 5.27. The van der Waals surface area contributed by atoms with Crippen LogP contribution in [0.2, 0.25) is 0 Å². The van der Waals surface area contributed by atoms with Gasteiger partial charge in [-0.2, -0.15) is 0 Å². The molecule has 0 fully saturated rings. The van der Waals surface area contributed by atoms with Crippen LogP contribution in [0.3, 0.4) is 0 Å². The second-order valence-corrected chi connectivity index (χ2v) is 12.9. The van der Waals surface area contributed by atoms with Gasteiger partial charge in [0.25, 0.3) is 0 Å². The van der Waals surface area contributed by atoms with Gasteiger partial charge in [0.2, 0.25) is 0 Å². The quantitative estimate of drug-likeness (QED) is 0.0320. The van der Waals surface area contributed by atoms with Crippen LogP contribution in [0.25, 0.3) is 0 Å². The Hall–Kier alpha value is -2.66. The number of carbonyl (C=O) groups excluding carboxylic acids is 2. The lowest BCUT2D eigenvalue weighted by Gasteiger charge is -2.14. The Morgan fingerprint density at radius 1 is 0.521 bits per heavy atom. The van der Waals surface area contributed by atoms with Crippen LogP contribution in [0.1, 0.15) is 168 Å². The summed E-state index contributed by atoms with van der Waals surface area (Å²) in [5.41, 5.74) is 0. The van der Waals surface area contributed by atoms with Crippen molar-refractivity contribution in [3.8, 4) is 0 Å². The number of unbranched alkanes of at least 4 members (excludes halogenated alkanes) is 21. The van der Waals surface area contributed by atoms with E-state index in [0.29, 0.717) is 6.42 Å². The fourth-order valence-electron chi connectivity index (χ4n) is 5.27. The molecule has 0 spiro atoms. The highest BCUT2D eigenvalue weighted by Crippen LogP contribution is 2.14. The van der Waals surface area contributed by atoms with Crippen molar-refractivity contribution in [1.29, 1.82) is 0 Å². The van der Waals surface area contributed by atoms with Crippen molar-refractivity contribution < 1.29 is 24.2 Å². The number of rotatable bonds is 34. The zero-order chi connectivity index (χ0) is 35.0. The van der Waals surface area contributed by atoms with Crippen molar-refractivity contribution >= 4 is 11.9 Å². The minimum absolute atomic E-state index is 0.137. The van der Waals surface area contributed by atoms with Gasteiger partial charge in [-0.25, -0.2) is 4.79 Å². The summed E-state index contributed by atoms with van der Waals surface area (Å²) in [4.78, 5) is 24.1. The maximum Gasteiger partial charge on any atom is 0.331 e. The Morgan fingerprint density at radius 3 is 1.38 bits per heavy atom. The van der Waals surface area contributed by atoms with Crippen LogP contribution >= 0.6 is 0 Å². The average molecular weight is 669 g/mol. The maximum atomic E-state index is 12.1. The van der Waals surface area contributed by atoms with Gasteiger partial charge in [0.05, 0.1) is 6.61 Å². The van der Waals surface area contributed by atoms with Gasteiger partial charge in [-0.15, -0.1) is 0 Å². The minimum Gasteiger partial charge on any atom is -0.462 e. The molecule has 0 bridgehead atoms. The highest BCUT2D eigenvalue weighted by Gasteiger charge is 2.14. The molecule has 0 saturated carbocycles. The lowest BCUT2D eigenvalue weighted by molar-refractivity contribution is -0.157. The van der Waals surface area contributed by atoms with E-state index >= 15 is 0 Å². The molecule has 0 aromatic rings. The van der Waals surface area contributed by atoms with E-state index in [0.717, 1.165) is 25.7 Å². The summed E-state index contributed by atoms with van der Waals surface area (Å²) in [7, 11) is 0. The van der Waals surface area contributed by atoms with E-state index in [1.165, 1.54) is 128 Å². The smallest absolute Gasteiger partial charge is 0.331 e. The van der Waals surface area contributed by atoms with Gasteiger partial charge in [0, 0.05) is 12.5 Å². The first-order valence-electron chi connectivity index (χ1n) is 19.6. The first-order chi connectivity index (χ1) is 23.6. The molecule has 1 N–H and O–H groups in total. The summed E-state index contributed by atoms with van der Waals surface area (Å²) in [6.07, 6.45) is 51.6. The highest BCUT2D eigenvalue weighted by atomic mass is 16.6. The molecule has 0 aromatic heterocycles. The Morgan fingerprint density at radius 2 is 0.917 bits per heavy atom. The van der Waals surface area contributed by atoms with Crippen molar-refractivity contribution in [3.05, 3.63) is 72.9 Å². The summed E-state index contributed by atoms with van der Waals surface area (Å²) < 4.78 is 10.4. The molecule has 5 nitrogen and oxygen atoms in total. The zero-order valence-corrected chi connectivity index (χ0v) is 31.0. The zero-order valence-electron chi connectivity index (χ0n) is 31.0. The predicted octanol–water partition coefficient (Wildman–Crippen LogP) is 12.2. The summed E-state index contributed by atoms with van der Waals surface area (Å²) in [6, 6.07) is 0. The van der Waals surface area contributed by atoms with Gasteiger partial charge in [0.1, 0.15) is 6.61 Å². The number of aliphatic hydroxyl groups excluding tert-OH is 1. The third kappa shape index (κ3) is 36.2. The van der Waals surface area contributed by atoms with Crippen LogP contribution in [-0.2, 0) is 19.1 Å². The number of hydrogen-bond donors (Lipinski definition) is 1. The monoisotopic (exact) mass is 669 g/mol. The van der Waals surface area contributed by atoms with Gasteiger partial charge in [-0.3, -0.25) is 4.79 Å². The van der Waals surface area contributed by atoms with Gasteiger partial charge < -0.3 is 14.6 Å². The molecule has 0 aliphatic carbocycles. The van der Waals surface area contributed by atoms with Crippen molar-refractivity contribution in [2.45, 2.75) is 174 Å². The number of hydrogen-bond acceptors (Lipinski definition) is 5. The normalized spacial score (nSPS) is 13.0. The average Bonchev–Trinajstić information content (AvgIpc) is 3.09. The van der Waals surface area contributed by atoms with Crippen LogP contribution in [0.4, 0.5) is 0 Å². The van der Waals surface area contributed by atoms with E-state index in [1.54, 1.807) is 12.2 Å². The topological polar surface area (TPSA) is 72.8 Å². The van der Waals surface area contributed by atoms with Gasteiger partial charge in [-0.1, -0.05) is 209 Å². The molecule has 0 radical (unpaired) electrons. The summed E-state index contributed by atoms with van der Waals surface area (Å²) in [5.74, 6) is -0.907. The Balaban J connectivity index is 3.81. The van der Waals surface area contributed by atoms with E-state index in [4.69, 9.17) is 9.47 Å². The van der Waals surface area contributed by atoms with Crippen LogP contribution in [-0.4, -0.2) is 36.4 Å². The Bertz CT molecular complexity index is 895. The Kier molecular flexibility index (Phi) is 36.6. The van der Waals surface area contributed by atoms with Crippen molar-refractivity contribution in [3.63, 3.8) is 0 Å². The second kappa shape index (κ2) is 38.8. The predicted molar refractivity (Wildman–Crippen MR) is 205 cm³/mol. The molecule has 0 amide bonds. The Labute approximate surface area is 295 Å². The number of allylic oxidation sites excluding steroid dienone is 11. The van der Waals surface area contributed by atoms with Crippen LogP contribution in [0.15, 0.2) is 72.9 Å². The maximum absolute atomic E-state index is 12.1. The van der Waals surface area contributed by atoms with Crippen molar-refractivity contribution in [2.75, 3.05) is 13.2 Å². The third-order valence-corrected chi connectivity index (χ3v) is 8.24. The summed E-state index contributed by atoms with van der Waals surface area (Å²) in [6.45, 7) is 3.98. The van der Waals surface area contributed by atoms with Crippen LogP contribution < -0.4 is 0 Å². The lowest BCUT2D eigenvalue weighted by atomic mass is 10.0.